The molecule has 0 saturated carbocycles. The molecular formula is C13H15NO3S. The molecule has 4 nitrogen and oxygen atoms in total. The Balaban J connectivity index is 2.47. The lowest BCUT2D eigenvalue weighted by Gasteiger charge is -2.28. The van der Waals surface area contributed by atoms with Crippen LogP contribution in [0.1, 0.15) is 19.4 Å². The van der Waals surface area contributed by atoms with E-state index in [1.807, 2.05) is 12.1 Å². The minimum Gasteiger partial charge on any atom is -0.480 e. The highest BCUT2D eigenvalue weighted by Crippen LogP contribution is 2.34. The third-order valence-electron chi connectivity index (χ3n) is 3.00. The van der Waals surface area contributed by atoms with Crippen molar-refractivity contribution in [2.24, 2.45) is 0 Å². The molecule has 0 fully saturated rings. The van der Waals surface area contributed by atoms with Gasteiger partial charge in [-0.1, -0.05) is 18.2 Å². The third kappa shape index (κ3) is 2.10. The SMILES string of the molecule is CC(C)(S)C(=O)N1c2ccccc2C[C@H]1C(=O)O. The summed E-state index contributed by atoms with van der Waals surface area (Å²) in [7, 11) is 0. The summed E-state index contributed by atoms with van der Waals surface area (Å²) in [6.45, 7) is 3.33. The molecule has 5 heteroatoms. The fourth-order valence-corrected chi connectivity index (χ4v) is 2.24. The number of amides is 1. The van der Waals surface area contributed by atoms with Crippen molar-refractivity contribution >= 4 is 30.2 Å². The fourth-order valence-electron chi connectivity index (χ4n) is 2.13. The zero-order valence-corrected chi connectivity index (χ0v) is 11.1. The second-order valence-electron chi connectivity index (χ2n) is 4.92. The fraction of sp³-hybridized carbons (Fsp3) is 0.385. The predicted molar refractivity (Wildman–Crippen MR) is 72.1 cm³/mol. The number of carboxylic acid groups (broad SMARTS) is 1. The molecule has 0 aromatic heterocycles. The van der Waals surface area contributed by atoms with Gasteiger partial charge in [0.1, 0.15) is 6.04 Å². The number of rotatable bonds is 2. The topological polar surface area (TPSA) is 57.6 Å². The van der Waals surface area contributed by atoms with Crippen molar-refractivity contribution in [2.45, 2.75) is 31.1 Å². The second kappa shape index (κ2) is 4.31. The van der Waals surface area contributed by atoms with Crippen molar-refractivity contribution in [2.75, 3.05) is 4.90 Å². The summed E-state index contributed by atoms with van der Waals surface area (Å²) in [6.07, 6.45) is 0.348. The highest BCUT2D eigenvalue weighted by atomic mass is 32.1. The van der Waals surface area contributed by atoms with E-state index in [0.29, 0.717) is 12.1 Å². The average Bonchev–Trinajstić information content (AvgIpc) is 2.65. The van der Waals surface area contributed by atoms with E-state index in [-0.39, 0.29) is 5.91 Å². The number of benzene rings is 1. The first kappa shape index (κ1) is 13.0. The molecule has 0 spiro atoms. The lowest BCUT2D eigenvalue weighted by molar-refractivity contribution is -0.140. The van der Waals surface area contributed by atoms with E-state index in [9.17, 15) is 14.7 Å². The van der Waals surface area contributed by atoms with Gasteiger partial charge in [0.25, 0.3) is 0 Å². The Kier molecular flexibility index (Phi) is 3.11. The molecule has 1 aliphatic rings. The van der Waals surface area contributed by atoms with Gasteiger partial charge in [-0.15, -0.1) is 0 Å². The van der Waals surface area contributed by atoms with Crippen LogP contribution in [-0.4, -0.2) is 27.8 Å². The highest BCUT2D eigenvalue weighted by Gasteiger charge is 2.42. The number of hydrogen-bond donors (Lipinski definition) is 2. The molecule has 96 valence electrons. The first-order valence-corrected chi connectivity index (χ1v) is 6.14. The lowest BCUT2D eigenvalue weighted by Crippen LogP contribution is -2.49. The van der Waals surface area contributed by atoms with Crippen LogP contribution >= 0.6 is 12.6 Å². The third-order valence-corrected chi connectivity index (χ3v) is 3.19. The monoisotopic (exact) mass is 265 g/mol. The molecule has 1 heterocycles. The number of carbonyl (C=O) groups is 2. The maximum atomic E-state index is 12.3. The van der Waals surface area contributed by atoms with Gasteiger partial charge in [0.2, 0.25) is 5.91 Å². The number of aliphatic carboxylic acids is 1. The van der Waals surface area contributed by atoms with E-state index >= 15 is 0 Å². The number of anilines is 1. The van der Waals surface area contributed by atoms with Crippen LogP contribution in [0.25, 0.3) is 0 Å². The zero-order chi connectivity index (χ0) is 13.5. The van der Waals surface area contributed by atoms with Crippen molar-refractivity contribution in [1.29, 1.82) is 0 Å². The summed E-state index contributed by atoms with van der Waals surface area (Å²) in [5, 5.41) is 9.25. The normalized spacial score (nSPS) is 18.6. The Bertz CT molecular complexity index is 507. The van der Waals surface area contributed by atoms with Crippen molar-refractivity contribution in [3.05, 3.63) is 29.8 Å². The Hall–Kier alpha value is -1.49. The summed E-state index contributed by atoms with van der Waals surface area (Å²) in [5.41, 5.74) is 1.56. The lowest BCUT2D eigenvalue weighted by atomic mass is 10.1. The van der Waals surface area contributed by atoms with E-state index in [2.05, 4.69) is 12.6 Å². The van der Waals surface area contributed by atoms with Crippen LogP contribution in [0.4, 0.5) is 5.69 Å². The highest BCUT2D eigenvalue weighted by molar-refractivity contribution is 7.82. The molecule has 0 aliphatic carbocycles. The molecule has 1 amide bonds. The number of nitrogens with zero attached hydrogens (tertiary/aromatic N) is 1. The average molecular weight is 265 g/mol. The predicted octanol–water partition coefficient (Wildman–Crippen LogP) is 1.74. The van der Waals surface area contributed by atoms with Crippen molar-refractivity contribution in [3.8, 4) is 0 Å². The summed E-state index contributed by atoms with van der Waals surface area (Å²) in [4.78, 5) is 25.0. The zero-order valence-electron chi connectivity index (χ0n) is 10.3. The van der Waals surface area contributed by atoms with E-state index < -0.39 is 16.8 Å². The molecule has 0 bridgehead atoms. The van der Waals surface area contributed by atoms with Crippen LogP contribution in [-0.2, 0) is 16.0 Å². The standard InChI is InChI=1S/C13H15NO3S/c1-13(2,18)12(17)14-9-6-4-3-5-8(9)7-10(14)11(15)16/h3-6,10,18H,7H2,1-2H3,(H,15,16)/t10-/m0/s1. The molecule has 18 heavy (non-hydrogen) atoms. The smallest absolute Gasteiger partial charge is 0.327 e. The Morgan fingerprint density at radius 2 is 2.00 bits per heavy atom. The molecule has 1 N–H and O–H groups in total. The maximum absolute atomic E-state index is 12.3. The largest absolute Gasteiger partial charge is 0.480 e. The quantitative estimate of drug-likeness (QED) is 0.801. The van der Waals surface area contributed by atoms with Crippen LogP contribution in [0.3, 0.4) is 0 Å². The van der Waals surface area contributed by atoms with E-state index in [4.69, 9.17) is 0 Å². The minimum atomic E-state index is -0.989. The second-order valence-corrected chi connectivity index (χ2v) is 6.04. The molecule has 0 unspecified atom stereocenters. The van der Waals surface area contributed by atoms with E-state index in [1.165, 1.54) is 4.90 Å². The van der Waals surface area contributed by atoms with Crippen molar-refractivity contribution in [1.82, 2.24) is 0 Å². The number of thiol groups is 1. The molecular weight excluding hydrogens is 250 g/mol. The number of carbonyl (C=O) groups excluding carboxylic acids is 1. The van der Waals surface area contributed by atoms with Gasteiger partial charge in [-0.3, -0.25) is 9.69 Å². The van der Waals surface area contributed by atoms with Crippen LogP contribution in [0, 0.1) is 0 Å². The molecule has 0 radical (unpaired) electrons. The number of hydrogen-bond acceptors (Lipinski definition) is 3. The number of para-hydroxylation sites is 1. The molecule has 1 aromatic rings. The van der Waals surface area contributed by atoms with E-state index in [1.54, 1.807) is 26.0 Å². The Labute approximate surface area is 111 Å². The summed E-state index contributed by atoms with van der Waals surface area (Å²) in [5.74, 6) is -1.28. The molecule has 1 aromatic carbocycles. The van der Waals surface area contributed by atoms with Crippen LogP contribution in [0.15, 0.2) is 24.3 Å². The van der Waals surface area contributed by atoms with E-state index in [0.717, 1.165) is 5.56 Å². The Morgan fingerprint density at radius 1 is 1.39 bits per heavy atom. The first-order chi connectivity index (χ1) is 8.32. The van der Waals surface area contributed by atoms with Gasteiger partial charge in [0.15, 0.2) is 0 Å². The number of carboxylic acids is 1. The van der Waals surface area contributed by atoms with Gasteiger partial charge in [-0.05, 0) is 25.5 Å². The van der Waals surface area contributed by atoms with Gasteiger partial charge in [0, 0.05) is 12.1 Å². The molecule has 1 atom stereocenters. The maximum Gasteiger partial charge on any atom is 0.327 e. The summed E-state index contributed by atoms with van der Waals surface area (Å²) in [6, 6.07) is 6.44. The van der Waals surface area contributed by atoms with Gasteiger partial charge in [0.05, 0.1) is 4.75 Å². The van der Waals surface area contributed by atoms with Gasteiger partial charge in [-0.25, -0.2) is 4.79 Å². The molecule has 1 aliphatic heterocycles. The van der Waals surface area contributed by atoms with Crippen LogP contribution in [0.2, 0.25) is 0 Å². The van der Waals surface area contributed by atoms with Gasteiger partial charge < -0.3 is 5.11 Å². The Morgan fingerprint density at radius 3 is 2.56 bits per heavy atom. The van der Waals surface area contributed by atoms with Gasteiger partial charge >= 0.3 is 5.97 Å². The van der Waals surface area contributed by atoms with Gasteiger partial charge in [-0.2, -0.15) is 12.6 Å². The summed E-state index contributed by atoms with van der Waals surface area (Å²) >= 11 is 4.24. The first-order valence-electron chi connectivity index (χ1n) is 5.69. The van der Waals surface area contributed by atoms with Crippen molar-refractivity contribution < 1.29 is 14.7 Å². The van der Waals surface area contributed by atoms with Crippen LogP contribution < -0.4 is 4.90 Å². The van der Waals surface area contributed by atoms with Crippen LogP contribution in [0.5, 0.6) is 0 Å². The number of fused-ring (bicyclic) bond motifs is 1. The van der Waals surface area contributed by atoms with Crippen molar-refractivity contribution in [3.63, 3.8) is 0 Å². The molecule has 0 saturated heterocycles. The summed E-state index contributed by atoms with van der Waals surface area (Å²) < 4.78 is -0.898. The minimum absolute atomic E-state index is 0.289. The molecule has 2 rings (SSSR count).